The van der Waals surface area contributed by atoms with Gasteiger partial charge in [-0.1, -0.05) is 30.2 Å². The van der Waals surface area contributed by atoms with E-state index in [1.165, 1.54) is 22.3 Å². The zero-order chi connectivity index (χ0) is 9.14. The van der Waals surface area contributed by atoms with Crippen LogP contribution in [0.25, 0.3) is 0 Å². The second-order valence-electron chi connectivity index (χ2n) is 3.60. The number of allylic oxidation sites excluding steroid dienone is 6. The van der Waals surface area contributed by atoms with E-state index in [-0.39, 0.29) is 0 Å². The fourth-order valence-electron chi connectivity index (χ4n) is 1.82. The molecule has 0 fully saturated rings. The van der Waals surface area contributed by atoms with Gasteiger partial charge in [0.2, 0.25) is 0 Å². The fourth-order valence-corrected chi connectivity index (χ4v) is 1.82. The van der Waals surface area contributed by atoms with Crippen molar-refractivity contribution in [3.63, 3.8) is 0 Å². The van der Waals surface area contributed by atoms with E-state index < -0.39 is 0 Å². The van der Waals surface area contributed by atoms with Crippen molar-refractivity contribution in [2.75, 3.05) is 0 Å². The Kier molecular flexibility index (Phi) is 2.91. The van der Waals surface area contributed by atoms with Gasteiger partial charge in [0.25, 0.3) is 0 Å². The van der Waals surface area contributed by atoms with Crippen molar-refractivity contribution in [1.29, 1.82) is 0 Å². The summed E-state index contributed by atoms with van der Waals surface area (Å²) in [6.45, 7) is 8.86. The molecular formula is C12H18. The van der Waals surface area contributed by atoms with E-state index in [0.29, 0.717) is 0 Å². The smallest absolute Gasteiger partial charge is 0.0133 e. The van der Waals surface area contributed by atoms with Gasteiger partial charge >= 0.3 is 0 Å². The summed E-state index contributed by atoms with van der Waals surface area (Å²) < 4.78 is 0. The van der Waals surface area contributed by atoms with Crippen LogP contribution < -0.4 is 0 Å². The van der Waals surface area contributed by atoms with Gasteiger partial charge in [0.15, 0.2) is 0 Å². The molecule has 1 rings (SSSR count). The Hall–Kier alpha value is -0.780. The van der Waals surface area contributed by atoms with Crippen LogP contribution in [0, 0.1) is 0 Å². The highest BCUT2D eigenvalue weighted by Crippen LogP contribution is 2.24. The summed E-state index contributed by atoms with van der Waals surface area (Å²) in [6, 6.07) is 0. The minimum atomic E-state index is 1.12. The van der Waals surface area contributed by atoms with Crippen LogP contribution in [0.1, 0.15) is 40.5 Å². The molecule has 0 radical (unpaired) electrons. The molecule has 0 N–H and O–H groups in total. The molecule has 0 spiro atoms. The molecule has 1 aliphatic rings. The van der Waals surface area contributed by atoms with Crippen molar-refractivity contribution in [3.05, 3.63) is 34.4 Å². The molecular weight excluding hydrogens is 144 g/mol. The predicted molar refractivity (Wildman–Crippen MR) is 55.1 cm³/mol. The third kappa shape index (κ3) is 1.88. The summed E-state index contributed by atoms with van der Waals surface area (Å²) in [4.78, 5) is 0. The monoisotopic (exact) mass is 162 g/mol. The molecule has 0 bridgehead atoms. The molecule has 0 aromatic rings. The molecule has 0 heteroatoms. The quantitative estimate of drug-likeness (QED) is 0.546. The van der Waals surface area contributed by atoms with Gasteiger partial charge in [-0.3, -0.25) is 0 Å². The topological polar surface area (TPSA) is 0 Å². The molecule has 0 aromatic heterocycles. The lowest BCUT2D eigenvalue weighted by Crippen LogP contribution is -1.86. The Morgan fingerprint density at radius 2 is 1.92 bits per heavy atom. The second-order valence-corrected chi connectivity index (χ2v) is 3.60. The first-order valence-corrected chi connectivity index (χ1v) is 4.69. The maximum atomic E-state index is 2.33. The van der Waals surface area contributed by atoms with Crippen molar-refractivity contribution in [2.24, 2.45) is 0 Å². The zero-order valence-electron chi connectivity index (χ0n) is 8.57. The van der Waals surface area contributed by atoms with Gasteiger partial charge in [-0.2, -0.15) is 0 Å². The van der Waals surface area contributed by atoms with Crippen LogP contribution >= 0.6 is 0 Å². The van der Waals surface area contributed by atoms with Gasteiger partial charge in [-0.25, -0.2) is 0 Å². The molecule has 0 nitrogen and oxygen atoms in total. The summed E-state index contributed by atoms with van der Waals surface area (Å²) >= 11 is 0. The Labute approximate surface area is 75.7 Å². The van der Waals surface area contributed by atoms with E-state index in [0.717, 1.165) is 12.8 Å². The van der Waals surface area contributed by atoms with E-state index in [4.69, 9.17) is 0 Å². The summed E-state index contributed by atoms with van der Waals surface area (Å²) in [5.74, 6) is 0. The Morgan fingerprint density at radius 3 is 2.50 bits per heavy atom. The van der Waals surface area contributed by atoms with Gasteiger partial charge in [-0.05, 0) is 44.8 Å². The third-order valence-electron chi connectivity index (χ3n) is 2.50. The molecule has 66 valence electrons. The standard InChI is InChI=1S/C12H18/c1-5-12-10(3)7-6-9(2)8-11(12)4/h7-8H,5-6H2,1-4H3. The lowest BCUT2D eigenvalue weighted by molar-refractivity contribution is 1.07. The van der Waals surface area contributed by atoms with E-state index in [9.17, 15) is 0 Å². The predicted octanol–water partition coefficient (Wildman–Crippen LogP) is 4.01. The van der Waals surface area contributed by atoms with Crippen LogP contribution in [0.4, 0.5) is 0 Å². The fraction of sp³-hybridized carbons (Fsp3) is 0.500. The Balaban J connectivity index is 3.09. The molecule has 0 unspecified atom stereocenters. The SMILES string of the molecule is CCC1=C(C)C=C(C)CC=C1C. The first kappa shape index (κ1) is 9.31. The summed E-state index contributed by atoms with van der Waals surface area (Å²) in [5, 5.41) is 0. The number of hydrogen-bond donors (Lipinski definition) is 0. The highest BCUT2D eigenvalue weighted by molar-refractivity contribution is 5.42. The van der Waals surface area contributed by atoms with E-state index in [2.05, 4.69) is 39.8 Å². The van der Waals surface area contributed by atoms with Crippen molar-refractivity contribution in [3.8, 4) is 0 Å². The summed E-state index contributed by atoms with van der Waals surface area (Å²) in [6.07, 6.45) is 6.91. The molecule has 0 heterocycles. The molecule has 0 aliphatic heterocycles. The first-order valence-electron chi connectivity index (χ1n) is 4.69. The van der Waals surface area contributed by atoms with Crippen LogP contribution in [0.2, 0.25) is 0 Å². The van der Waals surface area contributed by atoms with Crippen LogP contribution in [-0.2, 0) is 0 Å². The normalized spacial score (nSPS) is 18.7. The molecule has 0 atom stereocenters. The lowest BCUT2D eigenvalue weighted by Gasteiger charge is -2.05. The second kappa shape index (κ2) is 3.75. The molecule has 0 amide bonds. The maximum absolute atomic E-state index is 2.33. The first-order chi connectivity index (χ1) is 5.65. The van der Waals surface area contributed by atoms with Crippen molar-refractivity contribution < 1.29 is 0 Å². The Morgan fingerprint density at radius 1 is 1.25 bits per heavy atom. The van der Waals surface area contributed by atoms with E-state index in [1.54, 1.807) is 0 Å². The number of rotatable bonds is 1. The van der Waals surface area contributed by atoms with Crippen LogP contribution in [0.5, 0.6) is 0 Å². The van der Waals surface area contributed by atoms with Gasteiger partial charge in [-0.15, -0.1) is 0 Å². The van der Waals surface area contributed by atoms with Gasteiger partial charge in [0.05, 0.1) is 0 Å². The molecule has 0 saturated carbocycles. The average molecular weight is 162 g/mol. The van der Waals surface area contributed by atoms with Gasteiger partial charge < -0.3 is 0 Å². The van der Waals surface area contributed by atoms with Crippen molar-refractivity contribution in [2.45, 2.75) is 40.5 Å². The van der Waals surface area contributed by atoms with E-state index in [1.807, 2.05) is 0 Å². The van der Waals surface area contributed by atoms with Crippen molar-refractivity contribution >= 4 is 0 Å². The van der Waals surface area contributed by atoms with Crippen LogP contribution in [0.3, 0.4) is 0 Å². The summed E-state index contributed by atoms with van der Waals surface area (Å²) in [5.41, 5.74) is 5.89. The maximum Gasteiger partial charge on any atom is -0.0133 e. The van der Waals surface area contributed by atoms with Gasteiger partial charge in [0.1, 0.15) is 0 Å². The van der Waals surface area contributed by atoms with Crippen LogP contribution in [0.15, 0.2) is 34.4 Å². The third-order valence-corrected chi connectivity index (χ3v) is 2.50. The molecule has 0 aromatic carbocycles. The highest BCUT2D eigenvalue weighted by Gasteiger charge is 2.04. The molecule has 0 saturated heterocycles. The van der Waals surface area contributed by atoms with E-state index >= 15 is 0 Å². The largest absolute Gasteiger partial charge is 0.0772 e. The molecule has 12 heavy (non-hydrogen) atoms. The zero-order valence-corrected chi connectivity index (χ0v) is 8.57. The number of hydrogen-bond acceptors (Lipinski definition) is 0. The minimum absolute atomic E-state index is 1.12. The minimum Gasteiger partial charge on any atom is -0.0772 e. The van der Waals surface area contributed by atoms with Crippen molar-refractivity contribution in [1.82, 2.24) is 0 Å². The van der Waals surface area contributed by atoms with Gasteiger partial charge in [0, 0.05) is 0 Å². The Bertz CT molecular complexity index is 262. The highest BCUT2D eigenvalue weighted by atomic mass is 14.1. The lowest BCUT2D eigenvalue weighted by atomic mass is 10.0. The molecule has 1 aliphatic carbocycles. The average Bonchev–Trinajstić information content (AvgIpc) is 2.12. The summed E-state index contributed by atoms with van der Waals surface area (Å²) in [7, 11) is 0. The van der Waals surface area contributed by atoms with Crippen LogP contribution in [-0.4, -0.2) is 0 Å².